The lowest BCUT2D eigenvalue weighted by Crippen LogP contribution is -1.96. The summed E-state index contributed by atoms with van der Waals surface area (Å²) in [6, 6.07) is 6.09. The van der Waals surface area contributed by atoms with Crippen molar-refractivity contribution in [3.63, 3.8) is 0 Å². The Hall–Kier alpha value is -0.870. The third-order valence-electron chi connectivity index (χ3n) is 1.31. The van der Waals surface area contributed by atoms with E-state index in [1.165, 1.54) is 12.1 Å². The van der Waals surface area contributed by atoms with Gasteiger partial charge >= 0.3 is 0 Å². The first-order valence-electron chi connectivity index (χ1n) is 3.43. The van der Waals surface area contributed by atoms with E-state index >= 15 is 0 Å². The molecule has 0 amide bonds. The summed E-state index contributed by atoms with van der Waals surface area (Å²) in [5, 5.41) is 0. The average Bonchev–Trinajstić information content (AvgIpc) is 2.05. The summed E-state index contributed by atoms with van der Waals surface area (Å²) in [5.74, 6) is 0. The molecule has 0 saturated carbocycles. The molecule has 1 rings (SSSR count). The minimum Gasteiger partial charge on any atom is -0.282 e. The van der Waals surface area contributed by atoms with Crippen LogP contribution in [-0.4, -0.2) is 13.0 Å². The molecule has 1 aromatic carbocycles. The van der Waals surface area contributed by atoms with Crippen LogP contribution in [0.4, 0.5) is 0 Å². The van der Waals surface area contributed by atoms with Gasteiger partial charge in [0, 0.05) is 0 Å². The Labute approximate surface area is 66.9 Å². The minimum absolute atomic E-state index is 0.00287. The Balaban J connectivity index is 3.14. The standard InChI is InChI=1S/C7H8O3S/c1-6-2-4-7(5-3-6)11(8,9)10/h2-5H,1H3,(H,8,9,10)/i/hD. The quantitative estimate of drug-likeness (QED) is 0.684. The summed E-state index contributed by atoms with van der Waals surface area (Å²) in [6.45, 7) is 1.85. The van der Waals surface area contributed by atoms with Gasteiger partial charge in [-0.3, -0.25) is 4.56 Å². The van der Waals surface area contributed by atoms with Gasteiger partial charge in [0.2, 0.25) is 1.43 Å². The van der Waals surface area contributed by atoms with E-state index in [0.717, 1.165) is 5.56 Å². The van der Waals surface area contributed by atoms with Gasteiger partial charge in [-0.1, -0.05) is 17.7 Å². The molecular weight excluding hydrogens is 164 g/mol. The molecule has 0 aliphatic heterocycles. The average molecular weight is 173 g/mol. The molecule has 0 atom stereocenters. The summed E-state index contributed by atoms with van der Waals surface area (Å²) in [6.07, 6.45) is 0. The fraction of sp³-hybridized carbons (Fsp3) is 0.143. The summed E-state index contributed by atoms with van der Waals surface area (Å²) >= 11 is 0. The molecule has 0 bridgehead atoms. The second-order valence-electron chi connectivity index (χ2n) is 2.27. The zero-order valence-electron chi connectivity index (χ0n) is 6.94. The van der Waals surface area contributed by atoms with E-state index in [9.17, 15) is 8.42 Å². The highest BCUT2D eigenvalue weighted by molar-refractivity contribution is 7.85. The van der Waals surface area contributed by atoms with Crippen molar-refractivity contribution in [3.8, 4) is 0 Å². The van der Waals surface area contributed by atoms with Gasteiger partial charge < -0.3 is 0 Å². The highest BCUT2D eigenvalue weighted by Crippen LogP contribution is 2.08. The van der Waals surface area contributed by atoms with E-state index in [4.69, 9.17) is 1.43 Å². The first-order valence-corrected chi connectivity index (χ1v) is 4.43. The molecule has 0 heterocycles. The highest BCUT2D eigenvalue weighted by Gasteiger charge is 2.06. The molecule has 3 nitrogen and oxygen atoms in total. The van der Waals surface area contributed by atoms with Crippen LogP contribution in [0.3, 0.4) is 0 Å². The van der Waals surface area contributed by atoms with E-state index in [1.54, 1.807) is 12.1 Å². The van der Waals surface area contributed by atoms with Gasteiger partial charge in [0.15, 0.2) is 0 Å². The minimum atomic E-state index is -3.85. The highest BCUT2D eigenvalue weighted by atomic mass is 32.2. The first-order chi connectivity index (χ1) is 5.56. The van der Waals surface area contributed by atoms with Crippen molar-refractivity contribution >= 4 is 10.1 Å². The van der Waals surface area contributed by atoms with Crippen molar-refractivity contribution in [3.05, 3.63) is 29.8 Å². The molecule has 60 valence electrons. The lowest BCUT2D eigenvalue weighted by Gasteiger charge is -1.95. The van der Waals surface area contributed by atoms with Gasteiger partial charge in [-0.15, -0.1) is 0 Å². The molecular formula is C7H8O3S. The van der Waals surface area contributed by atoms with E-state index in [2.05, 4.69) is 4.56 Å². The number of hydrogen-bond acceptors (Lipinski definition) is 3. The predicted octanol–water partition coefficient (Wildman–Crippen LogP) is 1.24. The Morgan fingerprint density at radius 1 is 1.36 bits per heavy atom. The van der Waals surface area contributed by atoms with Crippen LogP contribution in [0, 0.1) is 6.92 Å². The zero-order valence-corrected chi connectivity index (χ0v) is 6.76. The molecule has 11 heavy (non-hydrogen) atoms. The SMILES string of the molecule is [2H]OS(=O)(=O)c1ccc(C)cc1. The largest absolute Gasteiger partial charge is 0.294 e. The van der Waals surface area contributed by atoms with Gasteiger partial charge in [-0.2, -0.15) is 8.42 Å². The molecule has 4 heteroatoms. The summed E-state index contributed by atoms with van der Waals surface area (Å²) in [7, 11) is -3.85. The smallest absolute Gasteiger partial charge is 0.282 e. The fourth-order valence-corrected chi connectivity index (χ4v) is 1.17. The summed E-state index contributed by atoms with van der Waals surface area (Å²) in [5.41, 5.74) is 0.957. The van der Waals surface area contributed by atoms with Crippen LogP contribution in [-0.2, 0) is 10.1 Å². The third-order valence-corrected chi connectivity index (χ3v) is 2.16. The van der Waals surface area contributed by atoms with Crippen LogP contribution in [0.15, 0.2) is 29.2 Å². The number of rotatable bonds is 2. The molecule has 1 aromatic rings. The Morgan fingerprint density at radius 2 is 1.91 bits per heavy atom. The molecule has 0 aromatic heterocycles. The van der Waals surface area contributed by atoms with Gasteiger partial charge in [-0.05, 0) is 19.1 Å². The summed E-state index contributed by atoms with van der Waals surface area (Å²) in [4.78, 5) is 0.00287. The number of benzene rings is 1. The van der Waals surface area contributed by atoms with Gasteiger partial charge in [0.25, 0.3) is 10.1 Å². The monoisotopic (exact) mass is 173 g/mol. The lowest BCUT2D eigenvalue weighted by molar-refractivity contribution is 0.483. The van der Waals surface area contributed by atoms with Crippen molar-refractivity contribution in [2.45, 2.75) is 11.8 Å². The second kappa shape index (κ2) is 2.64. The predicted molar refractivity (Wildman–Crippen MR) is 41.0 cm³/mol. The molecule has 0 spiro atoms. The second-order valence-corrected chi connectivity index (χ2v) is 3.65. The van der Waals surface area contributed by atoms with Crippen LogP contribution < -0.4 is 0 Å². The van der Waals surface area contributed by atoms with E-state index in [1.807, 2.05) is 6.92 Å². The lowest BCUT2D eigenvalue weighted by atomic mass is 10.2. The molecule has 0 aliphatic rings. The third kappa shape index (κ3) is 2.03. The maximum atomic E-state index is 10.9. The van der Waals surface area contributed by atoms with Crippen molar-refractivity contribution < 1.29 is 13.0 Å². The van der Waals surface area contributed by atoms with Crippen molar-refractivity contribution in [1.82, 2.24) is 0 Å². The maximum absolute atomic E-state index is 10.9. The van der Waals surface area contributed by atoms with Crippen LogP contribution in [0.25, 0.3) is 1.43 Å². The molecule has 0 radical (unpaired) electrons. The van der Waals surface area contributed by atoms with Gasteiger partial charge in [0.1, 0.15) is 0 Å². The first kappa shape index (κ1) is 6.82. The Bertz CT molecular complexity index is 355. The summed E-state index contributed by atoms with van der Waals surface area (Å²) < 4.78 is 31.7. The van der Waals surface area contributed by atoms with Crippen LogP contribution in [0.2, 0.25) is 0 Å². The Kier molecular flexibility index (Phi) is 1.63. The van der Waals surface area contributed by atoms with Crippen LogP contribution >= 0.6 is 0 Å². The molecule has 0 saturated heterocycles. The van der Waals surface area contributed by atoms with Crippen molar-refractivity contribution in [2.24, 2.45) is 0 Å². The number of aryl methyl sites for hydroxylation is 1. The topological polar surface area (TPSA) is 54.4 Å². The van der Waals surface area contributed by atoms with Crippen LogP contribution in [0.1, 0.15) is 5.56 Å². The number of hydrogen-bond donors (Lipinski definition) is 1. The van der Waals surface area contributed by atoms with E-state index in [0.29, 0.717) is 0 Å². The molecule has 0 fully saturated rings. The van der Waals surface area contributed by atoms with E-state index < -0.39 is 10.1 Å². The van der Waals surface area contributed by atoms with Crippen molar-refractivity contribution in [1.29, 1.82) is 1.43 Å². The van der Waals surface area contributed by atoms with Gasteiger partial charge in [0.05, 0.1) is 4.90 Å². The Morgan fingerprint density at radius 3 is 2.36 bits per heavy atom. The van der Waals surface area contributed by atoms with Gasteiger partial charge in [-0.25, -0.2) is 0 Å². The normalized spacial score (nSPS) is 12.6. The maximum Gasteiger partial charge on any atom is 0.294 e. The fourth-order valence-electron chi connectivity index (χ4n) is 0.705. The van der Waals surface area contributed by atoms with E-state index in [-0.39, 0.29) is 4.90 Å². The zero-order chi connectivity index (χ0) is 9.19. The van der Waals surface area contributed by atoms with Crippen LogP contribution in [0.5, 0.6) is 0 Å². The molecule has 0 aliphatic carbocycles. The molecule has 0 unspecified atom stereocenters. The van der Waals surface area contributed by atoms with Crippen molar-refractivity contribution in [2.75, 3.05) is 0 Å². The molecule has 1 N–H and O–H groups in total.